The van der Waals surface area contributed by atoms with E-state index < -0.39 is 17.7 Å². The van der Waals surface area contributed by atoms with Crippen LogP contribution in [0.15, 0.2) is 35.6 Å². The van der Waals surface area contributed by atoms with Crippen molar-refractivity contribution in [3.05, 3.63) is 47.3 Å². The number of ether oxygens (including phenoxy) is 2. The van der Waals surface area contributed by atoms with E-state index in [9.17, 15) is 14.7 Å². The van der Waals surface area contributed by atoms with E-state index in [4.69, 9.17) is 9.47 Å². The molecule has 29 heavy (non-hydrogen) atoms. The predicted molar refractivity (Wildman–Crippen MR) is 106 cm³/mol. The Labute approximate surface area is 169 Å². The van der Waals surface area contributed by atoms with Crippen molar-refractivity contribution in [2.45, 2.75) is 45.8 Å². The fourth-order valence-corrected chi connectivity index (χ4v) is 2.80. The van der Waals surface area contributed by atoms with Crippen molar-refractivity contribution in [3.63, 3.8) is 0 Å². The number of amides is 1. The monoisotopic (exact) mass is 401 g/mol. The predicted octanol–water partition coefficient (Wildman–Crippen LogP) is 3.20. The van der Waals surface area contributed by atoms with Crippen LogP contribution in [0.1, 0.15) is 49.5 Å². The fourth-order valence-electron chi connectivity index (χ4n) is 2.80. The minimum Gasteiger partial charge on any atom is -0.493 e. The summed E-state index contributed by atoms with van der Waals surface area (Å²) in [6.07, 6.45) is 5.18. The number of aryl methyl sites for hydroxylation is 1. The van der Waals surface area contributed by atoms with Crippen molar-refractivity contribution in [1.82, 2.24) is 9.13 Å². The number of nitrogens with zero attached hydrogens (tertiary/aromatic N) is 3. The zero-order chi connectivity index (χ0) is 21.2. The largest absolute Gasteiger partial charge is 0.493 e. The Bertz CT molecular complexity index is 977. The van der Waals surface area contributed by atoms with Crippen LogP contribution in [-0.2, 0) is 18.3 Å². The summed E-state index contributed by atoms with van der Waals surface area (Å²) >= 11 is 0. The topological polar surface area (TPSA) is 95.0 Å². The Kier molecular flexibility index (Phi) is 5.81. The molecule has 0 spiro atoms. The van der Waals surface area contributed by atoms with Gasteiger partial charge in [0, 0.05) is 19.4 Å². The third-order valence-electron chi connectivity index (χ3n) is 4.38. The normalized spacial score (nSPS) is 14.7. The maximum Gasteiger partial charge on any atom is 0.437 e. The summed E-state index contributed by atoms with van der Waals surface area (Å²) in [5.74, 6) is 0.0866. The first-order valence-electron chi connectivity index (χ1n) is 9.60. The molecule has 1 aromatic heterocycles. The highest BCUT2D eigenvalue weighted by molar-refractivity contribution is 5.88. The molecule has 1 aliphatic rings. The summed E-state index contributed by atoms with van der Waals surface area (Å²) in [5.41, 5.74) is 0.670. The molecule has 0 unspecified atom stereocenters. The van der Waals surface area contributed by atoms with E-state index in [-0.39, 0.29) is 5.56 Å². The van der Waals surface area contributed by atoms with E-state index in [1.54, 1.807) is 55.4 Å². The smallest absolute Gasteiger partial charge is 0.437 e. The van der Waals surface area contributed by atoms with Crippen LogP contribution in [0.5, 0.6) is 5.75 Å². The highest BCUT2D eigenvalue weighted by Gasteiger charge is 2.22. The van der Waals surface area contributed by atoms with Gasteiger partial charge in [0.2, 0.25) is 5.62 Å². The summed E-state index contributed by atoms with van der Waals surface area (Å²) in [4.78, 5) is 27.7. The number of carboxylic acids is 1. The minimum absolute atomic E-state index is 0.162. The van der Waals surface area contributed by atoms with Gasteiger partial charge in [0.25, 0.3) is 0 Å². The number of carbonyl (C=O) groups is 2. The number of carboxylic acid groups (broad SMARTS) is 1. The second kappa shape index (κ2) is 8.14. The Morgan fingerprint density at radius 2 is 1.93 bits per heavy atom. The van der Waals surface area contributed by atoms with Crippen molar-refractivity contribution >= 4 is 12.1 Å². The lowest BCUT2D eigenvalue weighted by Crippen LogP contribution is -2.29. The van der Waals surface area contributed by atoms with Crippen molar-refractivity contribution in [2.24, 2.45) is 18.0 Å². The van der Waals surface area contributed by atoms with Crippen LogP contribution in [-0.4, -0.2) is 38.5 Å². The van der Waals surface area contributed by atoms with Crippen LogP contribution in [0.2, 0.25) is 0 Å². The van der Waals surface area contributed by atoms with Gasteiger partial charge >= 0.3 is 12.1 Å². The number of aromatic carboxylic acids is 1. The average molecular weight is 401 g/mol. The Morgan fingerprint density at radius 1 is 1.21 bits per heavy atom. The lowest BCUT2D eigenvalue weighted by atomic mass is 10.1. The van der Waals surface area contributed by atoms with Crippen LogP contribution in [0, 0.1) is 5.92 Å². The van der Waals surface area contributed by atoms with E-state index >= 15 is 0 Å². The number of hydrogen-bond acceptors (Lipinski definition) is 4. The van der Waals surface area contributed by atoms with Gasteiger partial charge in [-0.15, -0.1) is 4.99 Å². The average Bonchev–Trinajstić information content (AvgIpc) is 3.38. The molecule has 0 aliphatic heterocycles. The maximum atomic E-state index is 12.1. The van der Waals surface area contributed by atoms with E-state index in [2.05, 4.69) is 4.99 Å². The first-order chi connectivity index (χ1) is 13.6. The van der Waals surface area contributed by atoms with Gasteiger partial charge in [-0.25, -0.2) is 9.59 Å². The van der Waals surface area contributed by atoms with Crippen molar-refractivity contribution in [3.8, 4) is 5.75 Å². The zero-order valence-corrected chi connectivity index (χ0v) is 17.2. The molecule has 0 saturated heterocycles. The van der Waals surface area contributed by atoms with Gasteiger partial charge in [-0.2, -0.15) is 0 Å². The van der Waals surface area contributed by atoms with E-state index in [1.165, 1.54) is 6.07 Å². The number of carbonyl (C=O) groups excluding carboxylic acids is 1. The third-order valence-corrected chi connectivity index (χ3v) is 4.38. The van der Waals surface area contributed by atoms with Gasteiger partial charge < -0.3 is 23.7 Å². The highest BCUT2D eigenvalue weighted by Crippen LogP contribution is 2.30. The van der Waals surface area contributed by atoms with Crippen LogP contribution >= 0.6 is 0 Å². The number of hydrogen-bond donors (Lipinski definition) is 1. The molecule has 1 aliphatic carbocycles. The minimum atomic E-state index is -1.01. The fraction of sp³-hybridized carbons (Fsp3) is 0.476. The molecule has 8 heteroatoms. The SMILES string of the molecule is Cn1ccn(Cc2cc(OCC3CC3)cc(C(=O)O)c2)c1=NC(=O)OC(C)(C)C. The summed E-state index contributed by atoms with van der Waals surface area (Å²) in [7, 11) is 1.78. The number of aromatic nitrogens is 2. The molecule has 0 radical (unpaired) electrons. The van der Waals surface area contributed by atoms with Gasteiger partial charge in [-0.05, 0) is 63.3 Å². The summed E-state index contributed by atoms with van der Waals surface area (Å²) in [6, 6.07) is 4.96. The molecule has 1 N–H and O–H groups in total. The van der Waals surface area contributed by atoms with Gasteiger partial charge in [-0.1, -0.05) is 0 Å². The van der Waals surface area contributed by atoms with Gasteiger partial charge in [0.05, 0.1) is 18.7 Å². The second-order valence-electron chi connectivity index (χ2n) is 8.35. The molecule has 2 aromatic rings. The van der Waals surface area contributed by atoms with Crippen LogP contribution in [0.3, 0.4) is 0 Å². The summed E-state index contributed by atoms with van der Waals surface area (Å²) in [5, 5.41) is 9.43. The first kappa shape index (κ1) is 20.7. The molecular weight excluding hydrogens is 374 g/mol. The molecule has 1 heterocycles. The summed E-state index contributed by atoms with van der Waals surface area (Å²) in [6.45, 7) is 6.27. The Morgan fingerprint density at radius 3 is 2.55 bits per heavy atom. The number of benzene rings is 1. The molecule has 1 saturated carbocycles. The number of imidazole rings is 1. The van der Waals surface area contributed by atoms with E-state index in [1.807, 2.05) is 6.07 Å². The Hall–Kier alpha value is -3.03. The van der Waals surface area contributed by atoms with Gasteiger partial charge in [0.1, 0.15) is 11.4 Å². The zero-order valence-electron chi connectivity index (χ0n) is 17.2. The molecule has 156 valence electrons. The highest BCUT2D eigenvalue weighted by atomic mass is 16.6. The van der Waals surface area contributed by atoms with Crippen LogP contribution in [0.25, 0.3) is 0 Å². The molecule has 1 amide bonds. The number of rotatable bonds is 6. The molecule has 8 nitrogen and oxygen atoms in total. The standard InChI is InChI=1S/C21H27N3O5/c1-21(2,3)29-20(27)22-19-23(4)7-8-24(19)12-15-9-16(18(25)26)11-17(10-15)28-13-14-5-6-14/h7-11,14H,5-6,12-13H2,1-4H3,(H,25,26). The van der Waals surface area contributed by atoms with Gasteiger partial charge in [-0.3, -0.25) is 0 Å². The Balaban J connectivity index is 1.87. The molecule has 0 atom stereocenters. The van der Waals surface area contributed by atoms with Crippen LogP contribution in [0.4, 0.5) is 4.79 Å². The van der Waals surface area contributed by atoms with Crippen molar-refractivity contribution in [2.75, 3.05) is 6.61 Å². The second-order valence-corrected chi connectivity index (χ2v) is 8.35. The van der Waals surface area contributed by atoms with E-state index in [0.717, 1.165) is 18.4 Å². The lowest BCUT2D eigenvalue weighted by molar-refractivity contribution is 0.0592. The summed E-state index contributed by atoms with van der Waals surface area (Å²) < 4.78 is 14.5. The molecule has 1 fully saturated rings. The quantitative estimate of drug-likeness (QED) is 0.802. The lowest BCUT2D eigenvalue weighted by Gasteiger charge is -2.17. The molecule has 1 aromatic carbocycles. The molecule has 0 bridgehead atoms. The van der Waals surface area contributed by atoms with Crippen molar-refractivity contribution in [1.29, 1.82) is 0 Å². The van der Waals surface area contributed by atoms with Gasteiger partial charge in [0.15, 0.2) is 0 Å². The maximum absolute atomic E-state index is 12.1. The third kappa shape index (κ3) is 5.97. The molecule has 3 rings (SSSR count). The first-order valence-corrected chi connectivity index (χ1v) is 9.60. The van der Waals surface area contributed by atoms with Crippen LogP contribution < -0.4 is 10.4 Å². The van der Waals surface area contributed by atoms with Crippen molar-refractivity contribution < 1.29 is 24.2 Å². The van der Waals surface area contributed by atoms with E-state index in [0.29, 0.717) is 30.4 Å². The molecular formula is C21H27N3O5.